The van der Waals surface area contributed by atoms with E-state index in [0.29, 0.717) is 26.2 Å². The molecule has 0 heterocycles. The molecule has 0 saturated carbocycles. The molecular formula is C11H20O4. The standard InChI is InChI=1S/C11H20O4/c1-4-11(12)15-9-8-13-6-5-7-14-10(2)3/h5-6,10H,4,7-9H2,1-3H3/b6-5+. The van der Waals surface area contributed by atoms with E-state index in [9.17, 15) is 4.79 Å². The van der Waals surface area contributed by atoms with Crippen LogP contribution in [-0.4, -0.2) is 31.9 Å². The molecule has 0 aromatic rings. The van der Waals surface area contributed by atoms with Crippen LogP contribution < -0.4 is 0 Å². The monoisotopic (exact) mass is 216 g/mol. The molecule has 0 fully saturated rings. The molecule has 0 atom stereocenters. The van der Waals surface area contributed by atoms with Crippen molar-refractivity contribution in [1.82, 2.24) is 0 Å². The van der Waals surface area contributed by atoms with Gasteiger partial charge in [-0.3, -0.25) is 4.79 Å². The maximum Gasteiger partial charge on any atom is 0.305 e. The molecule has 0 amide bonds. The average molecular weight is 216 g/mol. The Labute approximate surface area is 91.2 Å². The summed E-state index contributed by atoms with van der Waals surface area (Å²) in [6, 6.07) is 0. The van der Waals surface area contributed by atoms with Gasteiger partial charge < -0.3 is 14.2 Å². The van der Waals surface area contributed by atoms with Gasteiger partial charge in [-0.05, 0) is 19.9 Å². The van der Waals surface area contributed by atoms with Crippen LogP contribution in [0.3, 0.4) is 0 Å². The highest BCUT2D eigenvalue weighted by molar-refractivity contribution is 5.68. The zero-order chi connectivity index (χ0) is 11.5. The second-order valence-electron chi connectivity index (χ2n) is 3.20. The van der Waals surface area contributed by atoms with Gasteiger partial charge in [-0.15, -0.1) is 0 Å². The molecule has 0 aromatic heterocycles. The topological polar surface area (TPSA) is 44.8 Å². The lowest BCUT2D eigenvalue weighted by molar-refractivity contribution is -0.144. The first-order valence-electron chi connectivity index (χ1n) is 5.20. The second kappa shape index (κ2) is 9.52. The van der Waals surface area contributed by atoms with Gasteiger partial charge in [0.05, 0.1) is 19.0 Å². The van der Waals surface area contributed by atoms with Gasteiger partial charge in [0.1, 0.15) is 13.2 Å². The van der Waals surface area contributed by atoms with E-state index in [2.05, 4.69) is 0 Å². The minimum absolute atomic E-state index is 0.203. The normalized spacial score (nSPS) is 10.9. The molecule has 0 aliphatic heterocycles. The molecular weight excluding hydrogens is 196 g/mol. The van der Waals surface area contributed by atoms with Gasteiger partial charge in [0, 0.05) is 6.42 Å². The average Bonchev–Trinajstić information content (AvgIpc) is 2.21. The highest BCUT2D eigenvalue weighted by atomic mass is 16.6. The van der Waals surface area contributed by atoms with Crippen LogP contribution in [0.5, 0.6) is 0 Å². The van der Waals surface area contributed by atoms with Gasteiger partial charge in [0.15, 0.2) is 0 Å². The Hall–Kier alpha value is -1.03. The molecule has 88 valence electrons. The fraction of sp³-hybridized carbons (Fsp3) is 0.727. The number of hydrogen-bond donors (Lipinski definition) is 0. The predicted octanol–water partition coefficient (Wildman–Crippen LogP) is 1.89. The maximum absolute atomic E-state index is 10.7. The van der Waals surface area contributed by atoms with E-state index in [1.165, 1.54) is 0 Å². The summed E-state index contributed by atoms with van der Waals surface area (Å²) in [6.45, 7) is 6.91. The molecule has 0 aromatic carbocycles. The van der Waals surface area contributed by atoms with E-state index in [4.69, 9.17) is 14.2 Å². The van der Waals surface area contributed by atoms with Crippen LogP contribution >= 0.6 is 0 Å². The van der Waals surface area contributed by atoms with Gasteiger partial charge in [-0.25, -0.2) is 0 Å². The number of esters is 1. The Morgan fingerprint density at radius 2 is 2.07 bits per heavy atom. The van der Waals surface area contributed by atoms with Crippen molar-refractivity contribution < 1.29 is 19.0 Å². The molecule has 0 aliphatic rings. The third kappa shape index (κ3) is 10.9. The first-order chi connectivity index (χ1) is 7.16. The van der Waals surface area contributed by atoms with Crippen LogP contribution in [0.1, 0.15) is 27.2 Å². The van der Waals surface area contributed by atoms with Crippen molar-refractivity contribution in [3.63, 3.8) is 0 Å². The molecule has 0 N–H and O–H groups in total. The van der Waals surface area contributed by atoms with Crippen LogP contribution in [0.2, 0.25) is 0 Å². The Balaban J connectivity index is 3.20. The third-order valence-corrected chi connectivity index (χ3v) is 1.47. The lowest BCUT2D eigenvalue weighted by atomic mass is 10.5. The molecule has 0 radical (unpaired) electrons. The van der Waals surface area contributed by atoms with Gasteiger partial charge in [0.2, 0.25) is 0 Å². The van der Waals surface area contributed by atoms with Crippen molar-refractivity contribution >= 4 is 5.97 Å². The van der Waals surface area contributed by atoms with E-state index < -0.39 is 0 Å². The summed E-state index contributed by atoms with van der Waals surface area (Å²) < 4.78 is 15.1. The van der Waals surface area contributed by atoms with Crippen molar-refractivity contribution in [2.24, 2.45) is 0 Å². The predicted molar refractivity (Wildman–Crippen MR) is 57.4 cm³/mol. The number of rotatable bonds is 8. The highest BCUT2D eigenvalue weighted by Crippen LogP contribution is 1.89. The second-order valence-corrected chi connectivity index (χ2v) is 3.20. The molecule has 0 saturated heterocycles. The number of hydrogen-bond acceptors (Lipinski definition) is 4. The summed E-state index contributed by atoms with van der Waals surface area (Å²) in [5.41, 5.74) is 0. The van der Waals surface area contributed by atoms with Gasteiger partial charge in [-0.2, -0.15) is 0 Å². The zero-order valence-corrected chi connectivity index (χ0v) is 9.69. The fourth-order valence-corrected chi connectivity index (χ4v) is 0.729. The van der Waals surface area contributed by atoms with Crippen molar-refractivity contribution in [2.75, 3.05) is 19.8 Å². The van der Waals surface area contributed by atoms with Crippen molar-refractivity contribution in [3.8, 4) is 0 Å². The lowest BCUT2D eigenvalue weighted by Crippen LogP contribution is -2.07. The minimum Gasteiger partial charge on any atom is -0.498 e. The van der Waals surface area contributed by atoms with Crippen LogP contribution in [0, 0.1) is 0 Å². The van der Waals surface area contributed by atoms with E-state index in [1.54, 1.807) is 19.3 Å². The molecule has 0 rings (SSSR count). The summed E-state index contributed by atoms with van der Waals surface area (Å²) in [6.07, 6.45) is 3.96. The zero-order valence-electron chi connectivity index (χ0n) is 9.69. The largest absolute Gasteiger partial charge is 0.498 e. The summed E-state index contributed by atoms with van der Waals surface area (Å²) in [5, 5.41) is 0. The quantitative estimate of drug-likeness (QED) is 0.353. The van der Waals surface area contributed by atoms with E-state index in [1.807, 2.05) is 13.8 Å². The summed E-state index contributed by atoms with van der Waals surface area (Å²) >= 11 is 0. The fourth-order valence-electron chi connectivity index (χ4n) is 0.729. The highest BCUT2D eigenvalue weighted by Gasteiger charge is 1.95. The van der Waals surface area contributed by atoms with Crippen molar-refractivity contribution in [1.29, 1.82) is 0 Å². The Kier molecular flexibility index (Phi) is 8.87. The first kappa shape index (κ1) is 14.0. The maximum atomic E-state index is 10.7. The van der Waals surface area contributed by atoms with Crippen LogP contribution in [-0.2, 0) is 19.0 Å². The van der Waals surface area contributed by atoms with Crippen LogP contribution in [0.4, 0.5) is 0 Å². The molecule has 4 heteroatoms. The summed E-state index contributed by atoms with van der Waals surface area (Å²) in [5.74, 6) is -0.203. The molecule has 0 unspecified atom stereocenters. The lowest BCUT2D eigenvalue weighted by Gasteiger charge is -2.04. The van der Waals surface area contributed by atoms with Crippen molar-refractivity contribution in [2.45, 2.75) is 33.3 Å². The smallest absolute Gasteiger partial charge is 0.305 e. The van der Waals surface area contributed by atoms with Crippen LogP contribution in [0.15, 0.2) is 12.3 Å². The molecule has 0 aliphatic carbocycles. The molecule has 0 bridgehead atoms. The van der Waals surface area contributed by atoms with Crippen molar-refractivity contribution in [3.05, 3.63) is 12.3 Å². The van der Waals surface area contributed by atoms with Gasteiger partial charge in [-0.1, -0.05) is 6.92 Å². The summed E-state index contributed by atoms with van der Waals surface area (Å²) in [4.78, 5) is 10.7. The molecule has 4 nitrogen and oxygen atoms in total. The van der Waals surface area contributed by atoms with E-state index >= 15 is 0 Å². The van der Waals surface area contributed by atoms with Gasteiger partial charge >= 0.3 is 5.97 Å². The first-order valence-corrected chi connectivity index (χ1v) is 5.20. The third-order valence-electron chi connectivity index (χ3n) is 1.47. The molecule has 0 spiro atoms. The number of carbonyl (C=O) groups excluding carboxylic acids is 1. The summed E-state index contributed by atoms with van der Waals surface area (Å²) in [7, 11) is 0. The Morgan fingerprint density at radius 3 is 2.67 bits per heavy atom. The Morgan fingerprint density at radius 1 is 1.33 bits per heavy atom. The van der Waals surface area contributed by atoms with Crippen LogP contribution in [0.25, 0.3) is 0 Å². The molecule has 15 heavy (non-hydrogen) atoms. The number of carbonyl (C=O) groups is 1. The SMILES string of the molecule is CCC(=O)OCCO/C=C/COC(C)C. The minimum atomic E-state index is -0.203. The van der Waals surface area contributed by atoms with E-state index in [-0.39, 0.29) is 12.1 Å². The Bertz CT molecular complexity index is 187. The number of ether oxygens (including phenoxy) is 3. The van der Waals surface area contributed by atoms with Gasteiger partial charge in [0.25, 0.3) is 0 Å². The van der Waals surface area contributed by atoms with E-state index in [0.717, 1.165) is 0 Å².